The van der Waals surface area contributed by atoms with Gasteiger partial charge in [0.25, 0.3) is 5.69 Å². The maximum absolute atomic E-state index is 11.7. The highest BCUT2D eigenvalue weighted by atomic mass is 32.2. The van der Waals surface area contributed by atoms with Crippen LogP contribution >= 0.6 is 0 Å². The van der Waals surface area contributed by atoms with Crippen molar-refractivity contribution in [2.75, 3.05) is 11.5 Å². The van der Waals surface area contributed by atoms with E-state index in [-0.39, 0.29) is 17.2 Å². The van der Waals surface area contributed by atoms with E-state index in [0.29, 0.717) is 12.0 Å². The average Bonchev–Trinajstić information content (AvgIpc) is 2.79. The van der Waals surface area contributed by atoms with Gasteiger partial charge in [-0.25, -0.2) is 13.8 Å². The summed E-state index contributed by atoms with van der Waals surface area (Å²) in [5.74, 6) is -1.19. The zero-order valence-corrected chi connectivity index (χ0v) is 11.7. The van der Waals surface area contributed by atoms with Crippen LogP contribution in [0.1, 0.15) is 12.0 Å². The van der Waals surface area contributed by atoms with Gasteiger partial charge in [-0.15, -0.1) is 0 Å². The number of amides is 1. The second-order valence-electron chi connectivity index (χ2n) is 4.69. The van der Waals surface area contributed by atoms with Gasteiger partial charge in [-0.1, -0.05) is 12.1 Å². The number of hydrogen-bond acceptors (Lipinski definition) is 6. The van der Waals surface area contributed by atoms with Crippen molar-refractivity contribution >= 4 is 27.6 Å². The van der Waals surface area contributed by atoms with Crippen molar-refractivity contribution in [1.82, 2.24) is 5.43 Å². The van der Waals surface area contributed by atoms with Crippen LogP contribution in [0.5, 0.6) is 0 Å². The maximum Gasteiger partial charge on any atom is 0.270 e. The van der Waals surface area contributed by atoms with Crippen molar-refractivity contribution < 1.29 is 18.1 Å². The Morgan fingerprint density at radius 2 is 2.24 bits per heavy atom. The van der Waals surface area contributed by atoms with Gasteiger partial charge < -0.3 is 0 Å². The minimum atomic E-state index is -3.12. The second kappa shape index (κ2) is 6.00. The third-order valence-corrected chi connectivity index (χ3v) is 4.84. The molecular formula is C12H13N3O5S. The van der Waals surface area contributed by atoms with Crippen LogP contribution < -0.4 is 5.43 Å². The van der Waals surface area contributed by atoms with Crippen LogP contribution in [-0.2, 0) is 14.6 Å². The van der Waals surface area contributed by atoms with Crippen molar-refractivity contribution in [3.8, 4) is 0 Å². The van der Waals surface area contributed by atoms with Gasteiger partial charge in [0.05, 0.1) is 28.6 Å². The van der Waals surface area contributed by atoms with Gasteiger partial charge in [-0.3, -0.25) is 14.9 Å². The molecule has 0 unspecified atom stereocenters. The molecule has 0 bridgehead atoms. The Labute approximate surface area is 120 Å². The third-order valence-electron chi connectivity index (χ3n) is 3.07. The van der Waals surface area contributed by atoms with Crippen LogP contribution in [0.3, 0.4) is 0 Å². The maximum atomic E-state index is 11.7. The van der Waals surface area contributed by atoms with Gasteiger partial charge in [0.1, 0.15) is 0 Å². The summed E-state index contributed by atoms with van der Waals surface area (Å²) in [6.45, 7) is 0. The number of nitrogens with zero attached hydrogens (tertiary/aromatic N) is 2. The Hall–Kier alpha value is -2.29. The standard InChI is InChI=1S/C12H13N3O5S/c16-12(10-4-5-21(19,20)8-10)14-13-7-9-2-1-3-11(6-9)15(17)18/h1-3,6-7,10H,4-5,8H2,(H,14,16)/b13-7-/t10-/m1/s1. The fourth-order valence-corrected chi connectivity index (χ4v) is 3.72. The number of carbonyl (C=O) groups is 1. The summed E-state index contributed by atoms with van der Waals surface area (Å²) in [6.07, 6.45) is 1.56. The fraction of sp³-hybridized carbons (Fsp3) is 0.333. The Kier molecular flexibility index (Phi) is 4.32. The highest BCUT2D eigenvalue weighted by molar-refractivity contribution is 7.91. The largest absolute Gasteiger partial charge is 0.273 e. The molecule has 1 aromatic rings. The molecule has 1 saturated heterocycles. The topological polar surface area (TPSA) is 119 Å². The predicted octanol–water partition coefficient (Wildman–Crippen LogP) is 0.480. The minimum Gasteiger partial charge on any atom is -0.273 e. The molecule has 0 aliphatic carbocycles. The molecule has 112 valence electrons. The highest BCUT2D eigenvalue weighted by Crippen LogP contribution is 2.18. The summed E-state index contributed by atoms with van der Waals surface area (Å²) in [5.41, 5.74) is 2.64. The molecule has 1 amide bonds. The quantitative estimate of drug-likeness (QED) is 0.493. The number of non-ortho nitro benzene ring substituents is 1. The first-order valence-electron chi connectivity index (χ1n) is 6.15. The molecule has 1 aliphatic rings. The van der Waals surface area contributed by atoms with E-state index < -0.39 is 26.6 Å². The summed E-state index contributed by atoms with van der Waals surface area (Å²) in [5, 5.41) is 14.3. The van der Waals surface area contributed by atoms with E-state index in [0.717, 1.165) is 0 Å². The summed E-state index contributed by atoms with van der Waals surface area (Å²) in [6, 6.07) is 5.77. The van der Waals surface area contributed by atoms with E-state index in [1.807, 2.05) is 0 Å². The summed E-state index contributed by atoms with van der Waals surface area (Å²) < 4.78 is 22.5. The van der Waals surface area contributed by atoms with Crippen molar-refractivity contribution in [2.45, 2.75) is 6.42 Å². The van der Waals surface area contributed by atoms with Crippen LogP contribution in [0.25, 0.3) is 0 Å². The molecule has 1 heterocycles. The van der Waals surface area contributed by atoms with Gasteiger partial charge in [0, 0.05) is 17.7 Å². The number of nitro benzene ring substituents is 1. The lowest BCUT2D eigenvalue weighted by Gasteiger charge is -2.04. The first-order chi connectivity index (χ1) is 9.87. The van der Waals surface area contributed by atoms with Crippen LogP contribution in [0.4, 0.5) is 5.69 Å². The van der Waals surface area contributed by atoms with Crippen molar-refractivity contribution in [3.63, 3.8) is 0 Å². The monoisotopic (exact) mass is 311 g/mol. The number of rotatable bonds is 4. The van der Waals surface area contributed by atoms with Crippen molar-refractivity contribution in [1.29, 1.82) is 0 Å². The molecule has 0 saturated carbocycles. The number of carbonyl (C=O) groups excluding carboxylic acids is 1. The molecule has 0 aromatic heterocycles. The lowest BCUT2D eigenvalue weighted by atomic mass is 10.1. The van der Waals surface area contributed by atoms with Crippen LogP contribution in [-0.4, -0.2) is 37.0 Å². The van der Waals surface area contributed by atoms with Crippen molar-refractivity contribution in [2.24, 2.45) is 11.0 Å². The number of nitrogens with one attached hydrogen (secondary N) is 1. The Bertz CT molecular complexity index is 699. The first kappa shape index (κ1) is 15.1. The first-order valence-corrected chi connectivity index (χ1v) is 7.97. The molecule has 1 atom stereocenters. The lowest BCUT2D eigenvalue weighted by molar-refractivity contribution is -0.384. The van der Waals surface area contributed by atoms with E-state index in [2.05, 4.69) is 10.5 Å². The zero-order chi connectivity index (χ0) is 15.5. The molecule has 21 heavy (non-hydrogen) atoms. The molecule has 2 rings (SSSR count). The molecule has 1 fully saturated rings. The Morgan fingerprint density at radius 1 is 1.48 bits per heavy atom. The number of hydrogen-bond donors (Lipinski definition) is 1. The van der Waals surface area contributed by atoms with Gasteiger partial charge in [0.15, 0.2) is 9.84 Å². The molecule has 1 N–H and O–H groups in total. The van der Waals surface area contributed by atoms with E-state index in [1.54, 1.807) is 6.07 Å². The van der Waals surface area contributed by atoms with Crippen LogP contribution in [0.2, 0.25) is 0 Å². The van der Waals surface area contributed by atoms with E-state index in [4.69, 9.17) is 0 Å². The summed E-state index contributed by atoms with van der Waals surface area (Å²) in [7, 11) is -3.12. The molecule has 1 aliphatic heterocycles. The Balaban J connectivity index is 1.95. The molecule has 9 heteroatoms. The van der Waals surface area contributed by atoms with Crippen LogP contribution in [0, 0.1) is 16.0 Å². The van der Waals surface area contributed by atoms with Gasteiger partial charge >= 0.3 is 0 Å². The number of hydrazone groups is 1. The number of nitro groups is 1. The molecule has 8 nitrogen and oxygen atoms in total. The highest BCUT2D eigenvalue weighted by Gasteiger charge is 2.32. The molecular weight excluding hydrogens is 298 g/mol. The van der Waals surface area contributed by atoms with E-state index in [9.17, 15) is 23.3 Å². The molecule has 0 spiro atoms. The number of benzene rings is 1. The lowest BCUT2D eigenvalue weighted by Crippen LogP contribution is -2.27. The van der Waals surface area contributed by atoms with E-state index >= 15 is 0 Å². The predicted molar refractivity (Wildman–Crippen MR) is 75.6 cm³/mol. The minimum absolute atomic E-state index is 0.0136. The van der Waals surface area contributed by atoms with E-state index in [1.165, 1.54) is 24.4 Å². The molecule has 1 aromatic carbocycles. The van der Waals surface area contributed by atoms with Crippen molar-refractivity contribution in [3.05, 3.63) is 39.9 Å². The fourth-order valence-electron chi connectivity index (χ4n) is 1.98. The van der Waals surface area contributed by atoms with Gasteiger partial charge in [-0.2, -0.15) is 5.10 Å². The summed E-state index contributed by atoms with van der Waals surface area (Å²) >= 11 is 0. The zero-order valence-electron chi connectivity index (χ0n) is 10.9. The normalized spacial score (nSPS) is 20.5. The van der Waals surface area contributed by atoms with Gasteiger partial charge in [-0.05, 0) is 6.42 Å². The smallest absolute Gasteiger partial charge is 0.270 e. The third kappa shape index (κ3) is 4.09. The second-order valence-corrected chi connectivity index (χ2v) is 6.92. The molecule has 0 radical (unpaired) electrons. The SMILES string of the molecule is O=C(N/N=C\c1cccc([N+](=O)[O-])c1)[C@@H]1CCS(=O)(=O)C1. The van der Waals surface area contributed by atoms with Crippen LogP contribution in [0.15, 0.2) is 29.4 Å². The Morgan fingerprint density at radius 3 is 2.86 bits per heavy atom. The van der Waals surface area contributed by atoms with Gasteiger partial charge in [0.2, 0.25) is 5.91 Å². The summed E-state index contributed by atoms with van der Waals surface area (Å²) in [4.78, 5) is 21.8. The number of sulfone groups is 1. The average molecular weight is 311 g/mol.